The van der Waals surface area contributed by atoms with E-state index < -0.39 is 5.97 Å². The summed E-state index contributed by atoms with van der Waals surface area (Å²) in [7, 11) is 0. The van der Waals surface area contributed by atoms with Crippen LogP contribution in [0.25, 0.3) is 16.9 Å². The van der Waals surface area contributed by atoms with E-state index in [1.165, 1.54) is 6.33 Å². The molecule has 0 radical (unpaired) electrons. The number of imidazole rings is 1. The molecule has 4 rings (SSSR count). The zero-order valence-electron chi connectivity index (χ0n) is 14.2. The zero-order valence-corrected chi connectivity index (χ0v) is 14.2. The standard InChI is InChI=1S/C19H18N4O2/c1-3-4-16-20-9-12-8-14-17(21-10-22-18(14)19(24)25)13-6-5-11(2)7-15(13)23(12)16/h5-7,9-10H,3-4,8H2,1-2H3,(H,24,25). The van der Waals surface area contributed by atoms with Crippen molar-refractivity contribution in [2.24, 2.45) is 0 Å². The predicted octanol–water partition coefficient (Wildman–Crippen LogP) is 3.19. The topological polar surface area (TPSA) is 80.9 Å². The van der Waals surface area contributed by atoms with Gasteiger partial charge < -0.3 is 5.11 Å². The summed E-state index contributed by atoms with van der Waals surface area (Å²) in [6, 6.07) is 6.14. The highest BCUT2D eigenvalue weighted by molar-refractivity contribution is 5.90. The van der Waals surface area contributed by atoms with E-state index >= 15 is 0 Å². The van der Waals surface area contributed by atoms with Crippen LogP contribution in [0.3, 0.4) is 0 Å². The molecule has 6 nitrogen and oxygen atoms in total. The maximum Gasteiger partial charge on any atom is 0.354 e. The third kappa shape index (κ3) is 2.41. The molecule has 0 spiro atoms. The van der Waals surface area contributed by atoms with E-state index in [1.807, 2.05) is 25.3 Å². The maximum atomic E-state index is 11.7. The summed E-state index contributed by atoms with van der Waals surface area (Å²) in [6.45, 7) is 4.17. The lowest BCUT2D eigenvalue weighted by molar-refractivity contribution is 0.0689. The quantitative estimate of drug-likeness (QED) is 0.622. The third-order valence-corrected chi connectivity index (χ3v) is 4.54. The van der Waals surface area contributed by atoms with Gasteiger partial charge in [0.05, 0.1) is 11.4 Å². The molecule has 1 aromatic carbocycles. The molecule has 0 saturated heterocycles. The maximum absolute atomic E-state index is 11.7. The Morgan fingerprint density at radius 1 is 1.28 bits per heavy atom. The van der Waals surface area contributed by atoms with E-state index in [-0.39, 0.29) is 5.69 Å². The van der Waals surface area contributed by atoms with Gasteiger partial charge in [0.1, 0.15) is 12.2 Å². The van der Waals surface area contributed by atoms with Crippen molar-refractivity contribution in [3.63, 3.8) is 0 Å². The number of aromatic carboxylic acids is 1. The van der Waals surface area contributed by atoms with Gasteiger partial charge in [-0.15, -0.1) is 0 Å². The fourth-order valence-corrected chi connectivity index (χ4v) is 3.45. The lowest BCUT2D eigenvalue weighted by Gasteiger charge is -2.14. The Kier molecular flexibility index (Phi) is 3.60. The van der Waals surface area contributed by atoms with E-state index in [9.17, 15) is 9.90 Å². The van der Waals surface area contributed by atoms with Crippen molar-refractivity contribution in [3.05, 3.63) is 59.1 Å². The number of rotatable bonds is 3. The molecule has 3 aromatic rings. The lowest BCUT2D eigenvalue weighted by Crippen LogP contribution is -2.09. The molecule has 0 amide bonds. The van der Waals surface area contributed by atoms with Gasteiger partial charge in [-0.2, -0.15) is 0 Å². The molecule has 1 aliphatic heterocycles. The highest BCUT2D eigenvalue weighted by atomic mass is 16.4. The van der Waals surface area contributed by atoms with Crippen molar-refractivity contribution in [1.29, 1.82) is 0 Å². The van der Waals surface area contributed by atoms with E-state index in [0.29, 0.717) is 17.7 Å². The molecule has 0 unspecified atom stereocenters. The van der Waals surface area contributed by atoms with Gasteiger partial charge in [-0.05, 0) is 25.0 Å². The van der Waals surface area contributed by atoms with Gasteiger partial charge in [0.2, 0.25) is 0 Å². The SMILES string of the molecule is CCCc1ncc2n1-c1cc(C)ccc1-c1ncnc(C(=O)O)c1C2. The van der Waals surface area contributed by atoms with Crippen LogP contribution in [0.2, 0.25) is 0 Å². The van der Waals surface area contributed by atoms with Crippen molar-refractivity contribution in [3.8, 4) is 16.9 Å². The smallest absolute Gasteiger partial charge is 0.354 e. The summed E-state index contributed by atoms with van der Waals surface area (Å²) in [5, 5.41) is 9.55. The van der Waals surface area contributed by atoms with Crippen molar-refractivity contribution >= 4 is 5.97 Å². The monoisotopic (exact) mass is 334 g/mol. The molecule has 126 valence electrons. The Morgan fingerprint density at radius 3 is 2.88 bits per heavy atom. The first-order chi connectivity index (χ1) is 12.1. The van der Waals surface area contributed by atoms with Gasteiger partial charge in [-0.3, -0.25) is 4.57 Å². The molecule has 1 N–H and O–H groups in total. The second-order valence-electron chi connectivity index (χ2n) is 6.30. The van der Waals surface area contributed by atoms with Crippen LogP contribution in [-0.2, 0) is 12.8 Å². The van der Waals surface area contributed by atoms with Crippen molar-refractivity contribution in [1.82, 2.24) is 19.5 Å². The van der Waals surface area contributed by atoms with Gasteiger partial charge in [0.25, 0.3) is 0 Å². The molecule has 3 heterocycles. The molecule has 0 fully saturated rings. The minimum atomic E-state index is -1.03. The van der Waals surface area contributed by atoms with Crippen LogP contribution in [-0.4, -0.2) is 30.6 Å². The zero-order chi connectivity index (χ0) is 17.6. The Morgan fingerprint density at radius 2 is 2.12 bits per heavy atom. The van der Waals surface area contributed by atoms with Crippen LogP contribution in [0.5, 0.6) is 0 Å². The fraction of sp³-hybridized carbons (Fsp3) is 0.263. The second-order valence-corrected chi connectivity index (χ2v) is 6.30. The molecule has 0 saturated carbocycles. The lowest BCUT2D eigenvalue weighted by atomic mass is 10.00. The van der Waals surface area contributed by atoms with Crippen LogP contribution in [0.15, 0.2) is 30.7 Å². The first kappa shape index (κ1) is 15.5. The summed E-state index contributed by atoms with van der Waals surface area (Å²) in [5.41, 5.74) is 5.41. The Bertz CT molecular complexity index is 991. The number of aromatic nitrogens is 4. The van der Waals surface area contributed by atoms with Gasteiger partial charge in [0, 0.05) is 35.9 Å². The number of carbonyl (C=O) groups is 1. The molecule has 0 atom stereocenters. The summed E-state index contributed by atoms with van der Waals surface area (Å²) in [6.07, 6.45) is 5.47. The number of aryl methyl sites for hydroxylation is 2. The average Bonchev–Trinajstić information content (AvgIpc) is 2.91. The Hall–Kier alpha value is -3.02. The van der Waals surface area contributed by atoms with E-state index in [1.54, 1.807) is 0 Å². The van der Waals surface area contributed by atoms with Crippen LogP contribution < -0.4 is 0 Å². The normalized spacial score (nSPS) is 12.1. The first-order valence-corrected chi connectivity index (χ1v) is 8.34. The minimum absolute atomic E-state index is 0.0585. The molecule has 2 aromatic heterocycles. The van der Waals surface area contributed by atoms with Crippen molar-refractivity contribution in [2.75, 3.05) is 0 Å². The summed E-state index contributed by atoms with van der Waals surface area (Å²) < 4.78 is 2.15. The van der Waals surface area contributed by atoms with E-state index in [2.05, 4.69) is 32.5 Å². The average molecular weight is 334 g/mol. The van der Waals surface area contributed by atoms with Gasteiger partial charge in [-0.1, -0.05) is 19.1 Å². The summed E-state index contributed by atoms with van der Waals surface area (Å²) in [4.78, 5) is 24.7. The summed E-state index contributed by atoms with van der Waals surface area (Å²) >= 11 is 0. The minimum Gasteiger partial charge on any atom is -0.476 e. The Labute approximate surface area is 145 Å². The summed E-state index contributed by atoms with van der Waals surface area (Å²) in [5.74, 6) is -0.0453. The highest BCUT2D eigenvalue weighted by Crippen LogP contribution is 2.36. The van der Waals surface area contributed by atoms with Crippen molar-refractivity contribution in [2.45, 2.75) is 33.1 Å². The van der Waals surface area contributed by atoms with Gasteiger partial charge in [0.15, 0.2) is 5.69 Å². The van der Waals surface area contributed by atoms with Gasteiger partial charge in [-0.25, -0.2) is 19.7 Å². The molecule has 0 aliphatic carbocycles. The van der Waals surface area contributed by atoms with E-state index in [0.717, 1.165) is 41.2 Å². The van der Waals surface area contributed by atoms with Crippen molar-refractivity contribution < 1.29 is 9.90 Å². The number of benzene rings is 1. The molecule has 0 bridgehead atoms. The van der Waals surface area contributed by atoms with Crippen LogP contribution >= 0.6 is 0 Å². The number of carboxylic acids is 1. The largest absolute Gasteiger partial charge is 0.476 e. The molecular formula is C19H18N4O2. The molecule has 25 heavy (non-hydrogen) atoms. The number of fused-ring (bicyclic) bond motifs is 5. The molecule has 1 aliphatic rings. The molecule has 6 heteroatoms. The number of hydrogen-bond acceptors (Lipinski definition) is 4. The van der Waals surface area contributed by atoms with Crippen LogP contribution in [0.4, 0.5) is 0 Å². The Balaban J connectivity index is 2.08. The number of hydrogen-bond donors (Lipinski definition) is 1. The van der Waals surface area contributed by atoms with Gasteiger partial charge >= 0.3 is 5.97 Å². The molecular weight excluding hydrogens is 316 g/mol. The fourth-order valence-electron chi connectivity index (χ4n) is 3.45. The van der Waals surface area contributed by atoms with Crippen LogP contribution in [0, 0.1) is 6.92 Å². The highest BCUT2D eigenvalue weighted by Gasteiger charge is 2.27. The van der Waals surface area contributed by atoms with E-state index in [4.69, 9.17) is 0 Å². The number of nitrogens with zero attached hydrogens (tertiary/aromatic N) is 4. The third-order valence-electron chi connectivity index (χ3n) is 4.54. The number of carboxylic acid groups (broad SMARTS) is 1. The first-order valence-electron chi connectivity index (χ1n) is 8.34. The second kappa shape index (κ2) is 5.81. The predicted molar refractivity (Wildman–Crippen MR) is 93.1 cm³/mol. The van der Waals surface area contributed by atoms with Crippen LogP contribution in [0.1, 0.15) is 46.5 Å².